The number of nitrogens with zero attached hydrogens (tertiary/aromatic N) is 1. The maximum atomic E-state index is 12.1. The molecule has 0 fully saturated rings. The zero-order chi connectivity index (χ0) is 15.6. The van der Waals surface area contributed by atoms with Gasteiger partial charge < -0.3 is 10.4 Å². The number of benzene rings is 2. The van der Waals surface area contributed by atoms with Crippen LogP contribution < -0.4 is 5.32 Å². The van der Waals surface area contributed by atoms with Gasteiger partial charge in [-0.25, -0.2) is 0 Å². The molecule has 22 heavy (non-hydrogen) atoms. The van der Waals surface area contributed by atoms with Crippen LogP contribution in [0.1, 0.15) is 11.1 Å². The van der Waals surface area contributed by atoms with E-state index < -0.39 is 0 Å². The van der Waals surface area contributed by atoms with E-state index in [2.05, 4.69) is 5.32 Å². The molecule has 2 aromatic rings. The molecule has 0 aliphatic heterocycles. The summed E-state index contributed by atoms with van der Waals surface area (Å²) in [6.07, 6.45) is 0. The number of aliphatic hydroxyl groups excluding tert-OH is 1. The summed E-state index contributed by atoms with van der Waals surface area (Å²) in [5.74, 6) is -0.0340. The van der Waals surface area contributed by atoms with Gasteiger partial charge in [-0.1, -0.05) is 60.7 Å². The van der Waals surface area contributed by atoms with Crippen molar-refractivity contribution >= 4 is 5.91 Å². The Hall–Kier alpha value is -2.17. The molecule has 2 N–H and O–H groups in total. The summed E-state index contributed by atoms with van der Waals surface area (Å²) in [6, 6.07) is 19.8. The van der Waals surface area contributed by atoms with Gasteiger partial charge in [0.15, 0.2) is 0 Å². The molecule has 0 aromatic heterocycles. The van der Waals surface area contributed by atoms with Crippen molar-refractivity contribution in [2.45, 2.75) is 13.1 Å². The molecule has 116 valence electrons. The number of aliphatic hydroxyl groups is 1. The van der Waals surface area contributed by atoms with E-state index in [0.717, 1.165) is 11.1 Å². The SMILES string of the molecule is O=C(CN(CCO)Cc1ccccc1)NCc1ccccc1. The zero-order valence-corrected chi connectivity index (χ0v) is 12.6. The van der Waals surface area contributed by atoms with Crippen LogP contribution in [0.4, 0.5) is 0 Å². The van der Waals surface area contributed by atoms with Crippen LogP contribution in [0.2, 0.25) is 0 Å². The molecular weight excluding hydrogens is 276 g/mol. The summed E-state index contributed by atoms with van der Waals surface area (Å²) >= 11 is 0. The minimum atomic E-state index is -0.0340. The molecule has 2 rings (SSSR count). The van der Waals surface area contributed by atoms with Crippen molar-refractivity contribution < 1.29 is 9.90 Å². The highest BCUT2D eigenvalue weighted by molar-refractivity contribution is 5.78. The lowest BCUT2D eigenvalue weighted by molar-refractivity contribution is -0.122. The summed E-state index contributed by atoms with van der Waals surface area (Å²) in [7, 11) is 0. The number of carbonyl (C=O) groups excluding carboxylic acids is 1. The number of rotatable bonds is 8. The van der Waals surface area contributed by atoms with Crippen LogP contribution in [0.15, 0.2) is 60.7 Å². The fraction of sp³-hybridized carbons (Fsp3) is 0.278. The second-order valence-electron chi connectivity index (χ2n) is 5.18. The van der Waals surface area contributed by atoms with E-state index in [-0.39, 0.29) is 19.1 Å². The number of carbonyl (C=O) groups is 1. The summed E-state index contributed by atoms with van der Waals surface area (Å²) in [5.41, 5.74) is 2.21. The molecule has 0 aliphatic carbocycles. The first-order chi connectivity index (χ1) is 10.8. The Morgan fingerprint density at radius 1 is 0.955 bits per heavy atom. The lowest BCUT2D eigenvalue weighted by Crippen LogP contribution is -2.38. The van der Waals surface area contributed by atoms with Gasteiger partial charge in [-0.3, -0.25) is 9.69 Å². The Labute approximate surface area is 131 Å². The lowest BCUT2D eigenvalue weighted by atomic mass is 10.2. The van der Waals surface area contributed by atoms with Crippen LogP contribution >= 0.6 is 0 Å². The van der Waals surface area contributed by atoms with E-state index in [1.54, 1.807) is 0 Å². The third kappa shape index (κ3) is 5.68. The van der Waals surface area contributed by atoms with Crippen molar-refractivity contribution in [2.24, 2.45) is 0 Å². The molecule has 0 unspecified atom stereocenters. The summed E-state index contributed by atoms with van der Waals surface area (Å²) in [4.78, 5) is 14.0. The van der Waals surface area contributed by atoms with Crippen molar-refractivity contribution in [3.05, 3.63) is 71.8 Å². The zero-order valence-electron chi connectivity index (χ0n) is 12.6. The second-order valence-corrected chi connectivity index (χ2v) is 5.18. The molecule has 0 saturated heterocycles. The van der Waals surface area contributed by atoms with E-state index in [9.17, 15) is 4.79 Å². The van der Waals surface area contributed by atoms with E-state index >= 15 is 0 Å². The van der Waals surface area contributed by atoms with Crippen LogP contribution in [0, 0.1) is 0 Å². The molecule has 0 heterocycles. The van der Waals surface area contributed by atoms with Crippen molar-refractivity contribution in [3.63, 3.8) is 0 Å². The summed E-state index contributed by atoms with van der Waals surface area (Å²) in [6.45, 7) is 1.98. The first-order valence-corrected chi connectivity index (χ1v) is 7.45. The van der Waals surface area contributed by atoms with Crippen molar-refractivity contribution in [1.29, 1.82) is 0 Å². The van der Waals surface area contributed by atoms with Gasteiger partial charge in [0.1, 0.15) is 0 Å². The third-order valence-corrected chi connectivity index (χ3v) is 3.36. The highest BCUT2D eigenvalue weighted by Gasteiger charge is 2.10. The van der Waals surface area contributed by atoms with E-state index in [4.69, 9.17) is 5.11 Å². The van der Waals surface area contributed by atoms with Gasteiger partial charge in [0.05, 0.1) is 13.2 Å². The molecule has 0 aliphatic rings. The molecule has 2 aromatic carbocycles. The smallest absolute Gasteiger partial charge is 0.234 e. The van der Waals surface area contributed by atoms with Crippen LogP contribution in [0.5, 0.6) is 0 Å². The second kappa shape index (κ2) is 8.97. The highest BCUT2D eigenvalue weighted by Crippen LogP contribution is 2.04. The first-order valence-electron chi connectivity index (χ1n) is 7.45. The topological polar surface area (TPSA) is 52.6 Å². The molecule has 4 heteroatoms. The molecule has 4 nitrogen and oxygen atoms in total. The average molecular weight is 298 g/mol. The first kappa shape index (κ1) is 16.2. The molecular formula is C18H22N2O2. The van der Waals surface area contributed by atoms with Gasteiger partial charge >= 0.3 is 0 Å². The van der Waals surface area contributed by atoms with Crippen molar-refractivity contribution in [2.75, 3.05) is 19.7 Å². The molecule has 1 amide bonds. The number of hydrogen-bond donors (Lipinski definition) is 2. The van der Waals surface area contributed by atoms with Gasteiger partial charge in [0.2, 0.25) is 5.91 Å². The Balaban J connectivity index is 1.83. The maximum absolute atomic E-state index is 12.1. The van der Waals surface area contributed by atoms with Gasteiger partial charge in [-0.15, -0.1) is 0 Å². The van der Waals surface area contributed by atoms with Crippen molar-refractivity contribution in [1.82, 2.24) is 10.2 Å². The quantitative estimate of drug-likeness (QED) is 0.781. The predicted octanol–water partition coefficient (Wildman–Crippen LogP) is 1.80. The van der Waals surface area contributed by atoms with Crippen molar-refractivity contribution in [3.8, 4) is 0 Å². The van der Waals surface area contributed by atoms with Gasteiger partial charge in [-0.2, -0.15) is 0 Å². The Bertz CT molecular complexity index is 558. The summed E-state index contributed by atoms with van der Waals surface area (Å²) in [5, 5.41) is 12.1. The van der Waals surface area contributed by atoms with E-state index in [1.165, 1.54) is 0 Å². The molecule has 0 atom stereocenters. The third-order valence-electron chi connectivity index (χ3n) is 3.36. The van der Waals surface area contributed by atoms with Crippen LogP contribution in [-0.4, -0.2) is 35.6 Å². The Kier molecular flexibility index (Phi) is 6.61. The highest BCUT2D eigenvalue weighted by atomic mass is 16.3. The fourth-order valence-corrected chi connectivity index (χ4v) is 2.25. The predicted molar refractivity (Wildman–Crippen MR) is 87.1 cm³/mol. The van der Waals surface area contributed by atoms with Crippen LogP contribution in [0.25, 0.3) is 0 Å². The number of hydrogen-bond acceptors (Lipinski definition) is 3. The lowest BCUT2D eigenvalue weighted by Gasteiger charge is -2.20. The summed E-state index contributed by atoms with van der Waals surface area (Å²) < 4.78 is 0. The number of amides is 1. The van der Waals surface area contributed by atoms with Gasteiger partial charge in [0, 0.05) is 19.6 Å². The maximum Gasteiger partial charge on any atom is 0.234 e. The molecule has 0 radical (unpaired) electrons. The van der Waals surface area contributed by atoms with Gasteiger partial charge in [0.25, 0.3) is 0 Å². The number of nitrogens with one attached hydrogen (secondary N) is 1. The van der Waals surface area contributed by atoms with Gasteiger partial charge in [-0.05, 0) is 11.1 Å². The van der Waals surface area contributed by atoms with Crippen LogP contribution in [-0.2, 0) is 17.9 Å². The standard InChI is InChI=1S/C18H22N2O2/c21-12-11-20(14-17-9-5-2-6-10-17)15-18(22)19-13-16-7-3-1-4-8-16/h1-10,21H,11-15H2,(H,19,22). The van der Waals surface area contributed by atoms with E-state index in [1.807, 2.05) is 65.6 Å². The normalized spacial score (nSPS) is 10.6. The molecule has 0 spiro atoms. The minimum Gasteiger partial charge on any atom is -0.395 e. The fourth-order valence-electron chi connectivity index (χ4n) is 2.25. The Morgan fingerprint density at radius 3 is 2.14 bits per heavy atom. The minimum absolute atomic E-state index is 0.0340. The van der Waals surface area contributed by atoms with E-state index in [0.29, 0.717) is 19.6 Å². The monoisotopic (exact) mass is 298 g/mol. The molecule has 0 bridgehead atoms. The largest absolute Gasteiger partial charge is 0.395 e. The average Bonchev–Trinajstić information content (AvgIpc) is 2.55. The Morgan fingerprint density at radius 2 is 1.55 bits per heavy atom. The van der Waals surface area contributed by atoms with Crippen LogP contribution in [0.3, 0.4) is 0 Å². The molecule has 0 saturated carbocycles.